The van der Waals surface area contributed by atoms with E-state index >= 15 is 4.39 Å². The molecule has 0 aliphatic carbocycles. The average molecular weight is 709 g/mol. The number of hydrogen-bond acceptors (Lipinski definition) is 7. The zero-order valence-corrected chi connectivity index (χ0v) is 29.4. The molecule has 0 radical (unpaired) electrons. The molecule has 260 valence electrons. The molecule has 4 aromatic heterocycles. The standard InChI is InChI=1S/C38H34F2N6O4S/c1-21-9-11-22(12-10-21)36-35(37(47)41-3)26-13-24(31(16-33(26)50-36)44(4)51(5,48)49)28-14-25-29(17-42-28)43-34(18-45-19-38(2,40)20-45)46-30-8-6-7-27(39)23(30)15-32(25)46/h6-17H,18-20H2,1-5H3,(H,41,47). The number of benzene rings is 3. The highest BCUT2D eigenvalue weighted by molar-refractivity contribution is 7.92. The zero-order chi connectivity index (χ0) is 36.0. The number of nitrogens with one attached hydrogen (secondary N) is 1. The van der Waals surface area contributed by atoms with Crippen LogP contribution in [0, 0.1) is 12.7 Å². The van der Waals surface area contributed by atoms with E-state index in [1.54, 1.807) is 43.5 Å². The van der Waals surface area contributed by atoms with Crippen LogP contribution >= 0.6 is 0 Å². The van der Waals surface area contributed by atoms with Crippen LogP contribution in [0.5, 0.6) is 0 Å². The van der Waals surface area contributed by atoms with Gasteiger partial charge in [-0.1, -0.05) is 35.9 Å². The van der Waals surface area contributed by atoms with Gasteiger partial charge in [0.2, 0.25) is 10.0 Å². The predicted octanol–water partition coefficient (Wildman–Crippen LogP) is 6.86. The summed E-state index contributed by atoms with van der Waals surface area (Å²) in [5.41, 5.74) is 3.97. The van der Waals surface area contributed by atoms with Gasteiger partial charge in [-0.05, 0) is 44.2 Å². The molecule has 13 heteroatoms. The van der Waals surface area contributed by atoms with Gasteiger partial charge in [-0.25, -0.2) is 22.2 Å². The Bertz CT molecular complexity index is 2680. The van der Waals surface area contributed by atoms with Crippen LogP contribution in [0.2, 0.25) is 0 Å². The van der Waals surface area contributed by atoms with Crippen molar-refractivity contribution in [2.75, 3.05) is 37.7 Å². The number of carbonyl (C=O) groups is 1. The van der Waals surface area contributed by atoms with Crippen LogP contribution in [0.25, 0.3) is 60.9 Å². The SMILES string of the molecule is CNC(=O)c1c(-c2ccc(C)cc2)oc2cc(N(C)S(C)(=O)=O)c(-c3cc4c(cn3)nc(CN3CC(C)(F)C3)n3c5cccc(F)c5cc43)cc12. The Morgan fingerprint density at radius 3 is 2.47 bits per heavy atom. The summed E-state index contributed by atoms with van der Waals surface area (Å²) in [5.74, 6) is 0.191. The number of nitrogens with zero attached hydrogens (tertiary/aromatic N) is 5. The summed E-state index contributed by atoms with van der Waals surface area (Å²) in [6.45, 7) is 4.39. The van der Waals surface area contributed by atoms with Gasteiger partial charge in [0.15, 0.2) is 0 Å². The molecule has 5 heterocycles. The van der Waals surface area contributed by atoms with E-state index in [4.69, 9.17) is 14.4 Å². The van der Waals surface area contributed by atoms with Gasteiger partial charge in [-0.3, -0.25) is 23.4 Å². The Morgan fingerprint density at radius 1 is 1.04 bits per heavy atom. The molecule has 1 aliphatic heterocycles. The third kappa shape index (κ3) is 5.47. The summed E-state index contributed by atoms with van der Waals surface area (Å²) in [6, 6.07) is 19.3. The normalized spacial score (nSPS) is 14.8. The van der Waals surface area contributed by atoms with E-state index in [1.165, 1.54) is 20.2 Å². The number of carbonyl (C=O) groups excluding carboxylic acids is 1. The number of fused-ring (bicyclic) bond motifs is 6. The van der Waals surface area contributed by atoms with Crippen molar-refractivity contribution in [2.24, 2.45) is 0 Å². The Morgan fingerprint density at radius 2 is 1.78 bits per heavy atom. The maximum atomic E-state index is 15.2. The lowest BCUT2D eigenvalue weighted by Crippen LogP contribution is -2.56. The highest BCUT2D eigenvalue weighted by atomic mass is 32.2. The molecule has 51 heavy (non-hydrogen) atoms. The number of aryl methyl sites for hydroxylation is 1. The van der Waals surface area contributed by atoms with E-state index in [9.17, 15) is 17.6 Å². The predicted molar refractivity (Wildman–Crippen MR) is 195 cm³/mol. The van der Waals surface area contributed by atoms with Gasteiger partial charge in [-0.2, -0.15) is 0 Å². The second-order valence-electron chi connectivity index (χ2n) is 13.6. The minimum Gasteiger partial charge on any atom is -0.455 e. The average Bonchev–Trinajstić information content (AvgIpc) is 3.66. The molecule has 1 amide bonds. The fraction of sp³-hybridized carbons (Fsp3) is 0.237. The van der Waals surface area contributed by atoms with Crippen molar-refractivity contribution in [1.29, 1.82) is 0 Å². The van der Waals surface area contributed by atoms with Crippen molar-refractivity contribution in [3.8, 4) is 22.6 Å². The fourth-order valence-electron chi connectivity index (χ4n) is 7.09. The maximum absolute atomic E-state index is 15.2. The van der Waals surface area contributed by atoms with E-state index < -0.39 is 21.5 Å². The number of sulfonamides is 1. The molecule has 3 aromatic carbocycles. The van der Waals surface area contributed by atoms with Crippen LogP contribution in [0.3, 0.4) is 0 Å². The maximum Gasteiger partial charge on any atom is 0.255 e. The van der Waals surface area contributed by atoms with Gasteiger partial charge < -0.3 is 9.73 Å². The monoisotopic (exact) mass is 708 g/mol. The lowest BCUT2D eigenvalue weighted by Gasteiger charge is -2.42. The Hall–Kier alpha value is -5.40. The summed E-state index contributed by atoms with van der Waals surface area (Å²) in [6.07, 6.45) is 2.70. The summed E-state index contributed by atoms with van der Waals surface area (Å²) >= 11 is 0. The zero-order valence-electron chi connectivity index (χ0n) is 28.6. The van der Waals surface area contributed by atoms with E-state index in [0.29, 0.717) is 78.8 Å². The lowest BCUT2D eigenvalue weighted by atomic mass is 9.99. The summed E-state index contributed by atoms with van der Waals surface area (Å²) in [7, 11) is -0.787. The lowest BCUT2D eigenvalue weighted by molar-refractivity contribution is -0.0240. The number of anilines is 1. The Balaban J connectivity index is 1.39. The minimum absolute atomic E-state index is 0.260. The van der Waals surface area contributed by atoms with Crippen molar-refractivity contribution in [3.05, 3.63) is 95.7 Å². The smallest absolute Gasteiger partial charge is 0.255 e. The number of aromatic nitrogens is 3. The largest absolute Gasteiger partial charge is 0.455 e. The van der Waals surface area contributed by atoms with Gasteiger partial charge in [0, 0.05) is 60.5 Å². The number of likely N-dealkylation sites (tertiary alicyclic amines) is 1. The van der Waals surface area contributed by atoms with Crippen LogP contribution in [0.4, 0.5) is 14.5 Å². The van der Waals surface area contributed by atoms with Crippen LogP contribution < -0.4 is 9.62 Å². The number of hydrogen-bond donors (Lipinski definition) is 1. The number of alkyl halides is 1. The van der Waals surface area contributed by atoms with Gasteiger partial charge in [0.25, 0.3) is 5.91 Å². The molecule has 1 aliphatic rings. The minimum atomic E-state index is -3.76. The molecule has 7 aromatic rings. The van der Waals surface area contributed by atoms with E-state index in [2.05, 4.69) is 5.32 Å². The van der Waals surface area contributed by atoms with Crippen molar-refractivity contribution in [2.45, 2.75) is 26.1 Å². The van der Waals surface area contributed by atoms with Gasteiger partial charge >= 0.3 is 0 Å². The molecule has 1 saturated heterocycles. The summed E-state index contributed by atoms with van der Waals surface area (Å²) in [4.78, 5) is 25.1. The Labute approximate surface area is 292 Å². The van der Waals surface area contributed by atoms with Crippen LogP contribution in [-0.2, 0) is 16.6 Å². The molecule has 10 nitrogen and oxygen atoms in total. The highest BCUT2D eigenvalue weighted by Gasteiger charge is 2.39. The molecule has 0 atom stereocenters. The highest BCUT2D eigenvalue weighted by Crippen LogP contribution is 2.42. The molecule has 8 rings (SSSR count). The molecular weight excluding hydrogens is 675 g/mol. The first kappa shape index (κ1) is 32.8. The third-order valence-electron chi connectivity index (χ3n) is 9.62. The number of amides is 1. The van der Waals surface area contributed by atoms with Crippen LogP contribution in [-0.4, -0.2) is 72.7 Å². The third-order valence-corrected chi connectivity index (χ3v) is 10.8. The van der Waals surface area contributed by atoms with Gasteiger partial charge in [-0.15, -0.1) is 0 Å². The van der Waals surface area contributed by atoms with Crippen molar-refractivity contribution < 1.29 is 26.4 Å². The number of pyridine rings is 1. The van der Waals surface area contributed by atoms with Crippen molar-refractivity contribution >= 4 is 59.9 Å². The number of halogens is 2. The van der Waals surface area contributed by atoms with Crippen LogP contribution in [0.15, 0.2) is 77.3 Å². The van der Waals surface area contributed by atoms with Crippen molar-refractivity contribution in [1.82, 2.24) is 24.6 Å². The molecule has 0 unspecified atom stereocenters. The molecule has 0 spiro atoms. The first-order chi connectivity index (χ1) is 24.2. The first-order valence-corrected chi connectivity index (χ1v) is 18.2. The molecule has 1 fully saturated rings. The van der Waals surface area contributed by atoms with Crippen LogP contribution in [0.1, 0.15) is 28.7 Å². The second kappa shape index (κ2) is 11.6. The number of rotatable bonds is 7. The summed E-state index contributed by atoms with van der Waals surface area (Å²) in [5, 5.41) is 4.22. The second-order valence-corrected chi connectivity index (χ2v) is 15.6. The number of furan rings is 1. The Kier molecular flexibility index (Phi) is 7.44. The molecular formula is C38H34F2N6O4S. The van der Waals surface area contributed by atoms with E-state index in [1.807, 2.05) is 46.6 Å². The quantitative estimate of drug-likeness (QED) is 0.193. The molecule has 1 N–H and O–H groups in total. The molecule has 0 saturated carbocycles. The topological polar surface area (TPSA) is 113 Å². The summed E-state index contributed by atoms with van der Waals surface area (Å²) < 4.78 is 64.9. The van der Waals surface area contributed by atoms with E-state index in [-0.39, 0.29) is 24.7 Å². The first-order valence-electron chi connectivity index (χ1n) is 16.4. The molecule has 0 bridgehead atoms. The van der Waals surface area contributed by atoms with Gasteiger partial charge in [0.05, 0.1) is 52.5 Å². The van der Waals surface area contributed by atoms with Crippen molar-refractivity contribution in [3.63, 3.8) is 0 Å². The van der Waals surface area contributed by atoms with E-state index in [0.717, 1.165) is 16.1 Å². The fourth-order valence-corrected chi connectivity index (χ4v) is 7.60. The van der Waals surface area contributed by atoms with Gasteiger partial charge in [0.1, 0.15) is 28.7 Å².